The number of nitrogens with one attached hydrogen (secondary N) is 1. The third-order valence-electron chi connectivity index (χ3n) is 1.96. The number of rotatable bonds is 2. The van der Waals surface area contributed by atoms with Gasteiger partial charge in [-0.25, -0.2) is 4.79 Å². The van der Waals surface area contributed by atoms with Crippen LogP contribution in [0.4, 0.5) is 4.79 Å². The van der Waals surface area contributed by atoms with Gasteiger partial charge in [0.2, 0.25) is 0 Å². The Morgan fingerprint density at radius 2 is 2.17 bits per heavy atom. The van der Waals surface area contributed by atoms with Crippen LogP contribution in [0.3, 0.4) is 0 Å². The number of amides is 1. The van der Waals surface area contributed by atoms with Crippen LogP contribution in [0.5, 0.6) is 0 Å². The molecule has 0 radical (unpaired) electrons. The summed E-state index contributed by atoms with van der Waals surface area (Å²) in [6.45, 7) is 5.31. The van der Waals surface area contributed by atoms with Gasteiger partial charge < -0.3 is 10.1 Å². The van der Waals surface area contributed by atoms with Crippen molar-refractivity contribution in [2.45, 2.75) is 32.9 Å². The quantitative estimate of drug-likeness (QED) is 0.665. The van der Waals surface area contributed by atoms with E-state index in [-0.39, 0.29) is 17.7 Å². The summed E-state index contributed by atoms with van der Waals surface area (Å²) in [5.74, 6) is 0.109. The van der Waals surface area contributed by atoms with E-state index in [9.17, 15) is 9.59 Å². The molecule has 0 aromatic heterocycles. The van der Waals surface area contributed by atoms with Crippen molar-refractivity contribution in [1.82, 2.24) is 5.32 Å². The third kappa shape index (κ3) is 1.57. The van der Waals surface area contributed by atoms with Gasteiger partial charge in [0.25, 0.3) is 0 Å². The van der Waals surface area contributed by atoms with Crippen LogP contribution in [-0.2, 0) is 9.53 Å². The van der Waals surface area contributed by atoms with Crippen molar-refractivity contribution in [2.75, 3.05) is 0 Å². The van der Waals surface area contributed by atoms with E-state index in [1.165, 1.54) is 6.92 Å². The topological polar surface area (TPSA) is 55.4 Å². The zero-order valence-electron chi connectivity index (χ0n) is 7.46. The highest BCUT2D eigenvalue weighted by molar-refractivity contribution is 5.86. The lowest BCUT2D eigenvalue weighted by molar-refractivity contribution is -0.124. The first kappa shape index (κ1) is 9.03. The number of ketones is 1. The monoisotopic (exact) mass is 171 g/mol. The standard InChI is InChI=1S/C8H13NO3/c1-4(2)6-7(5(3)10)12-8(11)9-6/h4,6-7H,1-3H3,(H,9,11)/t6-,7-/m1/s1. The molecule has 68 valence electrons. The molecule has 1 saturated heterocycles. The molecular formula is C8H13NO3. The Hall–Kier alpha value is -1.06. The molecule has 1 aliphatic heterocycles. The van der Waals surface area contributed by atoms with E-state index in [0.717, 1.165) is 0 Å². The summed E-state index contributed by atoms with van der Waals surface area (Å²) in [4.78, 5) is 21.8. The first-order valence-electron chi connectivity index (χ1n) is 4.00. The predicted molar refractivity (Wildman–Crippen MR) is 42.7 cm³/mol. The SMILES string of the molecule is CC(=O)[C@H]1OC(=O)N[C@@H]1C(C)C. The van der Waals surface area contributed by atoms with Gasteiger partial charge >= 0.3 is 6.09 Å². The Labute approximate surface area is 71.3 Å². The van der Waals surface area contributed by atoms with Crippen molar-refractivity contribution in [1.29, 1.82) is 0 Å². The molecule has 0 aromatic carbocycles. The molecule has 1 fully saturated rings. The zero-order chi connectivity index (χ0) is 9.30. The summed E-state index contributed by atoms with van der Waals surface area (Å²) in [6.07, 6.45) is -1.09. The van der Waals surface area contributed by atoms with Gasteiger partial charge in [-0.1, -0.05) is 13.8 Å². The van der Waals surface area contributed by atoms with Crippen molar-refractivity contribution in [3.8, 4) is 0 Å². The zero-order valence-corrected chi connectivity index (χ0v) is 7.46. The second kappa shape index (κ2) is 3.13. The average Bonchev–Trinajstić information content (AvgIpc) is 2.31. The first-order valence-corrected chi connectivity index (χ1v) is 4.00. The fourth-order valence-corrected chi connectivity index (χ4v) is 1.29. The summed E-state index contributed by atoms with van der Waals surface area (Å²) >= 11 is 0. The molecule has 2 atom stereocenters. The summed E-state index contributed by atoms with van der Waals surface area (Å²) in [5, 5.41) is 2.60. The summed E-state index contributed by atoms with van der Waals surface area (Å²) < 4.78 is 4.80. The third-order valence-corrected chi connectivity index (χ3v) is 1.96. The molecule has 0 bridgehead atoms. The van der Waals surface area contributed by atoms with Gasteiger partial charge in [-0.05, 0) is 12.8 Å². The van der Waals surface area contributed by atoms with E-state index in [2.05, 4.69) is 5.32 Å². The largest absolute Gasteiger partial charge is 0.436 e. The van der Waals surface area contributed by atoms with Gasteiger partial charge in [0.1, 0.15) is 0 Å². The van der Waals surface area contributed by atoms with E-state index in [0.29, 0.717) is 0 Å². The maximum Gasteiger partial charge on any atom is 0.408 e. The minimum Gasteiger partial charge on any atom is -0.436 e. The molecule has 0 saturated carbocycles. The molecule has 4 nitrogen and oxygen atoms in total. The van der Waals surface area contributed by atoms with Crippen LogP contribution in [0.1, 0.15) is 20.8 Å². The van der Waals surface area contributed by atoms with Crippen LogP contribution in [0.2, 0.25) is 0 Å². The lowest BCUT2D eigenvalue weighted by Gasteiger charge is -2.17. The number of hydrogen-bond donors (Lipinski definition) is 1. The van der Waals surface area contributed by atoms with Crippen LogP contribution >= 0.6 is 0 Å². The van der Waals surface area contributed by atoms with Gasteiger partial charge in [-0.15, -0.1) is 0 Å². The Morgan fingerprint density at radius 3 is 2.50 bits per heavy atom. The van der Waals surface area contributed by atoms with Crippen LogP contribution in [0.25, 0.3) is 0 Å². The van der Waals surface area contributed by atoms with Crippen LogP contribution in [0, 0.1) is 5.92 Å². The van der Waals surface area contributed by atoms with Crippen molar-refractivity contribution in [3.63, 3.8) is 0 Å². The van der Waals surface area contributed by atoms with Gasteiger partial charge in [0, 0.05) is 0 Å². The molecule has 1 rings (SSSR count). The van der Waals surface area contributed by atoms with E-state index in [1.54, 1.807) is 0 Å². The average molecular weight is 171 g/mol. The lowest BCUT2D eigenvalue weighted by atomic mass is 9.97. The van der Waals surface area contributed by atoms with E-state index >= 15 is 0 Å². The molecule has 1 aliphatic rings. The van der Waals surface area contributed by atoms with Crippen molar-refractivity contribution in [3.05, 3.63) is 0 Å². The lowest BCUT2D eigenvalue weighted by Crippen LogP contribution is -2.39. The molecular weight excluding hydrogens is 158 g/mol. The second-order valence-electron chi connectivity index (χ2n) is 3.35. The number of cyclic esters (lactones) is 1. The van der Waals surface area contributed by atoms with Gasteiger partial charge in [0.05, 0.1) is 6.04 Å². The normalized spacial score (nSPS) is 28.5. The predicted octanol–water partition coefficient (Wildman–Crippen LogP) is 0.708. The highest BCUT2D eigenvalue weighted by atomic mass is 16.6. The summed E-state index contributed by atoms with van der Waals surface area (Å²) in [5.41, 5.74) is 0. The maximum absolute atomic E-state index is 11.0. The van der Waals surface area contributed by atoms with E-state index in [4.69, 9.17) is 4.74 Å². The smallest absolute Gasteiger partial charge is 0.408 e. The van der Waals surface area contributed by atoms with E-state index < -0.39 is 12.2 Å². The Balaban J connectivity index is 2.72. The van der Waals surface area contributed by atoms with Crippen LogP contribution < -0.4 is 5.32 Å². The fraction of sp³-hybridized carbons (Fsp3) is 0.750. The Kier molecular flexibility index (Phi) is 2.35. The molecule has 4 heteroatoms. The number of hydrogen-bond acceptors (Lipinski definition) is 3. The number of alkyl carbamates (subject to hydrolysis) is 1. The molecule has 1 heterocycles. The molecule has 0 aliphatic carbocycles. The molecule has 12 heavy (non-hydrogen) atoms. The molecule has 1 amide bonds. The highest BCUT2D eigenvalue weighted by Gasteiger charge is 2.38. The van der Waals surface area contributed by atoms with Crippen LogP contribution in [0.15, 0.2) is 0 Å². The first-order chi connectivity index (χ1) is 5.52. The molecule has 0 spiro atoms. The van der Waals surface area contributed by atoms with Crippen LogP contribution in [-0.4, -0.2) is 24.0 Å². The number of Topliss-reactive ketones (excluding diaryl/α,β-unsaturated/α-hetero) is 1. The minimum atomic E-state index is -0.600. The Morgan fingerprint density at radius 1 is 1.58 bits per heavy atom. The Bertz CT molecular complexity index is 212. The summed E-state index contributed by atoms with van der Waals surface area (Å²) in [7, 11) is 0. The minimum absolute atomic E-state index is 0.105. The maximum atomic E-state index is 11.0. The fourth-order valence-electron chi connectivity index (χ4n) is 1.29. The van der Waals surface area contributed by atoms with Gasteiger partial charge in [-0.2, -0.15) is 0 Å². The molecule has 0 unspecified atom stereocenters. The second-order valence-corrected chi connectivity index (χ2v) is 3.35. The van der Waals surface area contributed by atoms with E-state index in [1.807, 2.05) is 13.8 Å². The molecule has 1 N–H and O–H groups in total. The highest BCUT2D eigenvalue weighted by Crippen LogP contribution is 2.16. The van der Waals surface area contributed by atoms with Crippen molar-refractivity contribution in [2.24, 2.45) is 5.92 Å². The number of ether oxygens (including phenoxy) is 1. The van der Waals surface area contributed by atoms with Gasteiger partial charge in [-0.3, -0.25) is 4.79 Å². The van der Waals surface area contributed by atoms with Crippen molar-refractivity contribution < 1.29 is 14.3 Å². The number of carbonyl (C=O) groups is 2. The molecule has 0 aromatic rings. The summed E-state index contributed by atoms with van der Waals surface area (Å²) in [6, 6.07) is -0.171. The van der Waals surface area contributed by atoms with Gasteiger partial charge in [0.15, 0.2) is 11.9 Å². The number of carbonyl (C=O) groups excluding carboxylic acids is 2. The van der Waals surface area contributed by atoms with Crippen molar-refractivity contribution >= 4 is 11.9 Å².